The first-order valence-electron chi connectivity index (χ1n) is 6.40. The summed E-state index contributed by atoms with van der Waals surface area (Å²) in [6.45, 7) is 0.695. The molecule has 7 nitrogen and oxygen atoms in total. The molecule has 1 aromatic rings. The molecule has 0 bridgehead atoms. The highest BCUT2D eigenvalue weighted by molar-refractivity contribution is 7.89. The summed E-state index contributed by atoms with van der Waals surface area (Å²) >= 11 is 0. The van der Waals surface area contributed by atoms with Crippen LogP contribution in [0, 0.1) is 11.3 Å². The fraction of sp³-hybridized carbons (Fsp3) is 0.385. The minimum absolute atomic E-state index is 0.00232. The summed E-state index contributed by atoms with van der Waals surface area (Å²) in [6.07, 6.45) is 1.65. The third-order valence-electron chi connectivity index (χ3n) is 3.21. The van der Waals surface area contributed by atoms with Crippen LogP contribution in [-0.4, -0.2) is 38.3 Å². The number of amides is 1. The number of hydrogen-bond acceptors (Lipinski definition) is 5. The van der Waals surface area contributed by atoms with Crippen LogP contribution in [0.2, 0.25) is 0 Å². The van der Waals surface area contributed by atoms with Gasteiger partial charge < -0.3 is 10.5 Å². The Morgan fingerprint density at radius 3 is 2.62 bits per heavy atom. The van der Waals surface area contributed by atoms with Gasteiger partial charge in [0.05, 0.1) is 10.5 Å². The van der Waals surface area contributed by atoms with Gasteiger partial charge in [-0.2, -0.15) is 9.57 Å². The van der Waals surface area contributed by atoms with Gasteiger partial charge in [0.25, 0.3) is 5.91 Å². The number of nitriles is 1. The first-order chi connectivity index (χ1) is 9.96. The van der Waals surface area contributed by atoms with E-state index in [2.05, 4.69) is 0 Å². The number of ether oxygens (including phenoxy) is 1. The zero-order valence-electron chi connectivity index (χ0n) is 11.3. The van der Waals surface area contributed by atoms with Crippen LogP contribution in [0.1, 0.15) is 23.2 Å². The number of nitrogens with two attached hydrogens (primary N) is 1. The Hall–Kier alpha value is -2.11. The molecular weight excluding hydrogens is 294 g/mol. The highest BCUT2D eigenvalue weighted by Crippen LogP contribution is 2.26. The highest BCUT2D eigenvalue weighted by atomic mass is 32.2. The fourth-order valence-electron chi connectivity index (χ4n) is 2.18. The summed E-state index contributed by atoms with van der Waals surface area (Å²) in [5, 5.41) is 8.49. The number of carbonyl (C=O) groups is 1. The molecule has 21 heavy (non-hydrogen) atoms. The lowest BCUT2D eigenvalue weighted by atomic mass is 10.2. The second-order valence-corrected chi connectivity index (χ2v) is 6.52. The molecule has 1 amide bonds. The zero-order chi connectivity index (χ0) is 15.5. The highest BCUT2D eigenvalue weighted by Gasteiger charge is 2.28. The van der Waals surface area contributed by atoms with E-state index in [1.807, 2.05) is 0 Å². The van der Waals surface area contributed by atoms with Crippen LogP contribution in [0.4, 0.5) is 0 Å². The molecule has 0 spiro atoms. The number of sulfonamides is 1. The molecule has 1 heterocycles. The van der Waals surface area contributed by atoms with E-state index < -0.39 is 15.9 Å². The Balaban J connectivity index is 2.40. The van der Waals surface area contributed by atoms with Crippen molar-refractivity contribution in [3.63, 3.8) is 0 Å². The average molecular weight is 309 g/mol. The fourth-order valence-corrected chi connectivity index (χ4v) is 3.72. The molecule has 0 aromatic heterocycles. The Morgan fingerprint density at radius 1 is 1.38 bits per heavy atom. The largest absolute Gasteiger partial charge is 0.478 e. The normalized spacial score (nSPS) is 15.6. The van der Waals surface area contributed by atoms with Gasteiger partial charge in [-0.25, -0.2) is 8.42 Å². The van der Waals surface area contributed by atoms with Crippen LogP contribution in [0.15, 0.2) is 23.1 Å². The van der Waals surface area contributed by atoms with Crippen molar-refractivity contribution in [2.24, 2.45) is 5.73 Å². The second kappa shape index (κ2) is 6.11. The van der Waals surface area contributed by atoms with Crippen LogP contribution >= 0.6 is 0 Å². The van der Waals surface area contributed by atoms with E-state index in [0.717, 1.165) is 12.8 Å². The molecule has 1 fully saturated rings. The van der Waals surface area contributed by atoms with Crippen molar-refractivity contribution in [2.75, 3.05) is 19.7 Å². The number of benzene rings is 1. The van der Waals surface area contributed by atoms with Crippen molar-refractivity contribution in [3.8, 4) is 11.8 Å². The van der Waals surface area contributed by atoms with Gasteiger partial charge >= 0.3 is 0 Å². The first kappa shape index (κ1) is 15.3. The minimum Gasteiger partial charge on any atom is -0.478 e. The van der Waals surface area contributed by atoms with E-state index >= 15 is 0 Å². The molecule has 1 aliphatic rings. The molecular formula is C13H15N3O4S. The molecule has 1 saturated heterocycles. The maximum Gasteiger partial charge on any atom is 0.252 e. The molecule has 0 radical (unpaired) electrons. The predicted molar refractivity (Wildman–Crippen MR) is 74.1 cm³/mol. The van der Waals surface area contributed by atoms with Crippen molar-refractivity contribution < 1.29 is 17.9 Å². The Kier molecular flexibility index (Phi) is 4.45. The molecule has 0 aliphatic carbocycles. The van der Waals surface area contributed by atoms with Gasteiger partial charge in [0.2, 0.25) is 10.0 Å². The van der Waals surface area contributed by atoms with Gasteiger partial charge in [-0.3, -0.25) is 4.79 Å². The van der Waals surface area contributed by atoms with Gasteiger partial charge in [-0.05, 0) is 31.0 Å². The Labute approximate surface area is 123 Å². The van der Waals surface area contributed by atoms with Crippen LogP contribution in [-0.2, 0) is 10.0 Å². The van der Waals surface area contributed by atoms with Crippen molar-refractivity contribution >= 4 is 15.9 Å². The van der Waals surface area contributed by atoms with Gasteiger partial charge in [-0.15, -0.1) is 0 Å². The van der Waals surface area contributed by atoms with E-state index in [1.165, 1.54) is 22.5 Å². The maximum absolute atomic E-state index is 12.4. The molecule has 2 rings (SSSR count). The minimum atomic E-state index is -3.63. The van der Waals surface area contributed by atoms with E-state index in [0.29, 0.717) is 13.1 Å². The molecule has 1 aliphatic heterocycles. The lowest BCUT2D eigenvalue weighted by molar-refractivity contribution is 0.0996. The quantitative estimate of drug-likeness (QED) is 0.849. The van der Waals surface area contributed by atoms with Crippen LogP contribution in [0.25, 0.3) is 0 Å². The number of carbonyl (C=O) groups excluding carboxylic acids is 1. The first-order valence-corrected chi connectivity index (χ1v) is 7.84. The number of primary amides is 1. The molecule has 8 heteroatoms. The molecule has 2 N–H and O–H groups in total. The second-order valence-electron chi connectivity index (χ2n) is 4.58. The van der Waals surface area contributed by atoms with Gasteiger partial charge in [0.1, 0.15) is 11.8 Å². The summed E-state index contributed by atoms with van der Waals surface area (Å²) < 4.78 is 31.3. The van der Waals surface area contributed by atoms with Gasteiger partial charge in [0.15, 0.2) is 6.61 Å². The number of nitrogens with zero attached hydrogens (tertiary/aromatic N) is 2. The molecule has 1 aromatic carbocycles. The Morgan fingerprint density at radius 2 is 2.05 bits per heavy atom. The Bertz CT molecular complexity index is 688. The van der Waals surface area contributed by atoms with Crippen LogP contribution in [0.5, 0.6) is 5.75 Å². The average Bonchev–Trinajstić information content (AvgIpc) is 2.99. The van der Waals surface area contributed by atoms with Crippen molar-refractivity contribution in [3.05, 3.63) is 23.8 Å². The SMILES string of the molecule is N#CCOc1ccc(S(=O)(=O)N2CCCC2)cc1C(N)=O. The van der Waals surface area contributed by atoms with Crippen molar-refractivity contribution in [1.29, 1.82) is 5.26 Å². The lowest BCUT2D eigenvalue weighted by Gasteiger charge is -2.16. The topological polar surface area (TPSA) is 113 Å². The van der Waals surface area contributed by atoms with Crippen molar-refractivity contribution in [1.82, 2.24) is 4.31 Å². The molecule has 0 saturated carbocycles. The summed E-state index contributed by atoms with van der Waals surface area (Å²) in [6, 6.07) is 5.67. The van der Waals surface area contributed by atoms with Gasteiger partial charge in [0, 0.05) is 13.1 Å². The smallest absolute Gasteiger partial charge is 0.252 e. The number of hydrogen-bond donors (Lipinski definition) is 1. The van der Waals surface area contributed by atoms with Crippen LogP contribution in [0.3, 0.4) is 0 Å². The monoisotopic (exact) mass is 309 g/mol. The third kappa shape index (κ3) is 3.15. The van der Waals surface area contributed by atoms with E-state index in [1.54, 1.807) is 6.07 Å². The summed E-state index contributed by atoms with van der Waals surface area (Å²) in [5.41, 5.74) is 5.19. The van der Waals surface area contributed by atoms with E-state index in [9.17, 15) is 13.2 Å². The zero-order valence-corrected chi connectivity index (χ0v) is 12.1. The van der Waals surface area contributed by atoms with E-state index in [-0.39, 0.29) is 22.8 Å². The summed E-state index contributed by atoms with van der Waals surface area (Å²) in [4.78, 5) is 11.4. The molecule has 0 unspecified atom stereocenters. The lowest BCUT2D eigenvalue weighted by Crippen LogP contribution is -2.28. The molecule has 0 atom stereocenters. The molecule has 112 valence electrons. The van der Waals surface area contributed by atoms with Crippen molar-refractivity contribution in [2.45, 2.75) is 17.7 Å². The predicted octanol–water partition coefficient (Wildman–Crippen LogP) is 0.472. The maximum atomic E-state index is 12.4. The summed E-state index contributed by atoms with van der Waals surface area (Å²) in [7, 11) is -3.63. The standard InChI is InChI=1S/C13H15N3O4S/c14-5-8-20-12-4-3-10(9-11(12)13(15)17)21(18,19)16-6-1-2-7-16/h3-4,9H,1-2,6-8H2,(H2,15,17). The third-order valence-corrected chi connectivity index (χ3v) is 5.11. The number of rotatable bonds is 5. The summed E-state index contributed by atoms with van der Waals surface area (Å²) in [5.74, 6) is -0.703. The van der Waals surface area contributed by atoms with Gasteiger partial charge in [-0.1, -0.05) is 0 Å². The van der Waals surface area contributed by atoms with E-state index in [4.69, 9.17) is 15.7 Å². The van der Waals surface area contributed by atoms with Crippen LogP contribution < -0.4 is 10.5 Å².